The van der Waals surface area contributed by atoms with E-state index in [0.717, 1.165) is 26.9 Å². The van der Waals surface area contributed by atoms with Gasteiger partial charge >= 0.3 is 6.03 Å². The van der Waals surface area contributed by atoms with E-state index in [4.69, 9.17) is 32.7 Å². The van der Waals surface area contributed by atoms with Gasteiger partial charge in [-0.1, -0.05) is 23.2 Å². The third kappa shape index (κ3) is 8.42. The second-order valence-electron chi connectivity index (χ2n) is 15.8. The number of halogens is 2. The molecule has 0 bridgehead atoms. The number of hydrogen-bond acceptors (Lipinski definition) is 13. The first-order valence-electron chi connectivity index (χ1n) is 20.7. The van der Waals surface area contributed by atoms with Crippen LogP contribution in [0.25, 0.3) is 0 Å². The Morgan fingerprint density at radius 1 is 0.766 bits per heavy atom. The van der Waals surface area contributed by atoms with Crippen molar-refractivity contribution in [3.63, 3.8) is 0 Å². The van der Waals surface area contributed by atoms with Gasteiger partial charge in [0.15, 0.2) is 0 Å². The van der Waals surface area contributed by atoms with Crippen LogP contribution in [-0.2, 0) is 14.4 Å². The van der Waals surface area contributed by atoms with Gasteiger partial charge in [0.05, 0.1) is 31.0 Å². The molecular formula is C44H46Cl2N10O8. The van der Waals surface area contributed by atoms with E-state index >= 15 is 0 Å². The summed E-state index contributed by atoms with van der Waals surface area (Å²) in [6, 6.07) is 14.6. The molecule has 0 saturated carbocycles. The number of fused-ring (bicyclic) bond motifs is 1. The van der Waals surface area contributed by atoms with Crippen LogP contribution < -0.4 is 34.8 Å². The predicted molar refractivity (Wildman–Crippen MR) is 240 cm³/mol. The first-order valence-corrected chi connectivity index (χ1v) is 21.5. The fourth-order valence-electron chi connectivity index (χ4n) is 8.48. The zero-order valence-corrected chi connectivity index (χ0v) is 37.1. The number of amides is 7. The van der Waals surface area contributed by atoms with Gasteiger partial charge in [-0.2, -0.15) is 0 Å². The number of likely N-dealkylation sites (N-methyl/N-ethyl adjacent to an activating group) is 1. The lowest BCUT2D eigenvalue weighted by molar-refractivity contribution is -0.149. The predicted octanol–water partition coefficient (Wildman–Crippen LogP) is 5.52. The average molecular weight is 914 g/mol. The molecule has 3 aromatic carbocycles. The maximum atomic E-state index is 13.7. The zero-order valence-electron chi connectivity index (χ0n) is 35.6. The molecule has 20 heteroatoms. The number of carbonyl (C=O) groups excluding carboxylic acids is 6. The molecule has 7 amide bonds. The van der Waals surface area contributed by atoms with Gasteiger partial charge in [0.2, 0.25) is 11.8 Å². The third-order valence-electron chi connectivity index (χ3n) is 12.2. The fraction of sp³-hybridized carbons (Fsp3) is 0.364. The summed E-state index contributed by atoms with van der Waals surface area (Å²) < 4.78 is 10.6. The average Bonchev–Trinajstić information content (AvgIpc) is 3.57. The van der Waals surface area contributed by atoms with E-state index in [1.54, 1.807) is 25.2 Å². The molecule has 1 aromatic heterocycles. The van der Waals surface area contributed by atoms with E-state index in [0.29, 0.717) is 63.7 Å². The highest BCUT2D eigenvalue weighted by molar-refractivity contribution is 6.41. The van der Waals surface area contributed by atoms with Crippen LogP contribution in [0.5, 0.6) is 11.5 Å². The van der Waals surface area contributed by atoms with Crippen molar-refractivity contribution >= 4 is 93.2 Å². The summed E-state index contributed by atoms with van der Waals surface area (Å²) in [4.78, 5) is 96.6. The van der Waals surface area contributed by atoms with E-state index in [9.17, 15) is 28.8 Å². The summed E-state index contributed by atoms with van der Waals surface area (Å²) in [6.07, 6.45) is 2.84. The molecular weight excluding hydrogens is 867 g/mol. The van der Waals surface area contributed by atoms with Crippen LogP contribution in [-0.4, -0.2) is 134 Å². The first-order chi connectivity index (χ1) is 30.8. The Bertz CT molecular complexity index is 2500. The molecule has 3 saturated heterocycles. The molecule has 334 valence electrons. The third-order valence-corrected chi connectivity index (χ3v) is 13.0. The number of imide groups is 2. The lowest BCUT2D eigenvalue weighted by Gasteiger charge is -2.39. The van der Waals surface area contributed by atoms with Crippen molar-refractivity contribution in [1.29, 1.82) is 0 Å². The Morgan fingerprint density at radius 3 is 2.05 bits per heavy atom. The van der Waals surface area contributed by atoms with Crippen molar-refractivity contribution < 1.29 is 38.2 Å². The SMILES string of the molecule is COc1cc(OC)c(Cl)c(NC(=O)N(C)c2cc(Nc3ccc(N4CCN(C(=O)C5CCN(c6ccc7c(c6)C(=O)N(C6CCC(=O)N(C)C6=O)C7=O)CC5)CC4)cc3)ncn2)c1Cl. The zero-order chi connectivity index (χ0) is 45.4. The van der Waals surface area contributed by atoms with Crippen molar-refractivity contribution in [3.8, 4) is 11.5 Å². The molecule has 0 aliphatic carbocycles. The normalized spacial score (nSPS) is 18.0. The number of urea groups is 1. The Kier molecular flexibility index (Phi) is 12.5. The first kappa shape index (κ1) is 44.0. The van der Waals surface area contributed by atoms with Gasteiger partial charge in [-0.3, -0.25) is 38.7 Å². The van der Waals surface area contributed by atoms with Crippen molar-refractivity contribution in [2.24, 2.45) is 5.92 Å². The number of benzene rings is 3. The van der Waals surface area contributed by atoms with Crippen molar-refractivity contribution in [3.05, 3.63) is 82.1 Å². The van der Waals surface area contributed by atoms with Crippen LogP contribution in [0, 0.1) is 5.92 Å². The van der Waals surface area contributed by atoms with Gasteiger partial charge in [0.25, 0.3) is 17.7 Å². The molecule has 2 N–H and O–H groups in total. The highest BCUT2D eigenvalue weighted by Crippen LogP contribution is 2.44. The van der Waals surface area contributed by atoms with E-state index in [-0.39, 0.29) is 68.9 Å². The van der Waals surface area contributed by atoms with Gasteiger partial charge in [0, 0.05) is 94.9 Å². The maximum absolute atomic E-state index is 13.7. The van der Waals surface area contributed by atoms with E-state index < -0.39 is 29.8 Å². The molecule has 8 rings (SSSR count). The lowest BCUT2D eigenvalue weighted by atomic mass is 9.94. The molecule has 64 heavy (non-hydrogen) atoms. The molecule has 5 heterocycles. The van der Waals surface area contributed by atoms with Crippen molar-refractivity contribution in [1.82, 2.24) is 24.7 Å². The number of nitrogens with one attached hydrogen (secondary N) is 2. The second kappa shape index (κ2) is 18.2. The number of carbonyl (C=O) groups is 6. The minimum atomic E-state index is -1.00. The fourth-order valence-corrected chi connectivity index (χ4v) is 9.08. The molecule has 3 fully saturated rings. The number of nitrogens with zero attached hydrogens (tertiary/aromatic N) is 8. The smallest absolute Gasteiger partial charge is 0.327 e. The molecule has 18 nitrogen and oxygen atoms in total. The topological polar surface area (TPSA) is 190 Å². The lowest BCUT2D eigenvalue weighted by Crippen LogP contribution is -2.54. The Labute approximate surface area is 379 Å². The molecule has 1 atom stereocenters. The largest absolute Gasteiger partial charge is 0.495 e. The van der Waals surface area contributed by atoms with Crippen LogP contribution in [0.2, 0.25) is 10.0 Å². The van der Waals surface area contributed by atoms with Gasteiger partial charge < -0.3 is 34.8 Å². The van der Waals surface area contributed by atoms with Crippen molar-refractivity contribution in [2.45, 2.75) is 31.7 Å². The number of aromatic nitrogens is 2. The van der Waals surface area contributed by atoms with Gasteiger partial charge in [-0.05, 0) is 61.7 Å². The van der Waals surface area contributed by atoms with Gasteiger partial charge in [-0.15, -0.1) is 0 Å². The standard InChI is InChI=1S/C44H46Cl2N10O8/c1-51(44(62)50-39-37(45)32(63-3)22-33(64-4)38(39)46)35-23-34(47-24-48-35)49-26-5-7-27(8-6-26)54-17-19-55(20-18-54)40(58)25-13-15-53(16-14-25)28-9-10-29-30(21-28)42(60)56(41(29)59)31-11-12-36(57)52(2)43(31)61/h5-10,21-25,31H,11-20H2,1-4H3,(H,50,62)(H,47,48,49). The Balaban J connectivity index is 0.811. The quantitative estimate of drug-likeness (QED) is 0.190. The van der Waals surface area contributed by atoms with E-state index in [1.807, 2.05) is 35.2 Å². The molecule has 4 aromatic rings. The number of piperidine rings is 2. The van der Waals surface area contributed by atoms with Crippen molar-refractivity contribution in [2.75, 3.05) is 92.9 Å². The molecule has 4 aliphatic heterocycles. The summed E-state index contributed by atoms with van der Waals surface area (Å²) in [7, 11) is 5.79. The summed E-state index contributed by atoms with van der Waals surface area (Å²) >= 11 is 12.9. The number of anilines is 6. The monoisotopic (exact) mass is 912 g/mol. The minimum Gasteiger partial charge on any atom is -0.495 e. The number of hydrogen-bond donors (Lipinski definition) is 2. The molecule has 1 unspecified atom stereocenters. The van der Waals surface area contributed by atoms with Crippen LogP contribution >= 0.6 is 23.2 Å². The highest BCUT2D eigenvalue weighted by Gasteiger charge is 2.46. The van der Waals surface area contributed by atoms with E-state index in [2.05, 4.69) is 30.4 Å². The van der Waals surface area contributed by atoms with Gasteiger partial charge in [-0.25, -0.2) is 14.8 Å². The van der Waals surface area contributed by atoms with E-state index in [1.165, 1.54) is 38.6 Å². The molecule has 4 aliphatic rings. The summed E-state index contributed by atoms with van der Waals surface area (Å²) in [5, 5.41) is 6.19. The van der Waals surface area contributed by atoms with Crippen LogP contribution in [0.15, 0.2) is 60.9 Å². The minimum absolute atomic E-state index is 0.0830. The number of ether oxygens (including phenoxy) is 2. The maximum Gasteiger partial charge on any atom is 0.327 e. The van der Waals surface area contributed by atoms with Crippen LogP contribution in [0.1, 0.15) is 46.4 Å². The Morgan fingerprint density at radius 2 is 1.39 bits per heavy atom. The van der Waals surface area contributed by atoms with Crippen LogP contribution in [0.4, 0.5) is 39.2 Å². The number of likely N-dealkylation sites (tertiary alicyclic amines) is 1. The highest BCUT2D eigenvalue weighted by atomic mass is 35.5. The summed E-state index contributed by atoms with van der Waals surface area (Å²) in [6.45, 7) is 3.78. The second-order valence-corrected chi connectivity index (χ2v) is 16.6. The molecule has 0 radical (unpaired) electrons. The summed E-state index contributed by atoms with van der Waals surface area (Å²) in [5.41, 5.74) is 3.19. The number of methoxy groups -OCH3 is 2. The van der Waals surface area contributed by atoms with Gasteiger partial charge in [0.1, 0.15) is 45.5 Å². The Hall–Kier alpha value is -6.66. The van der Waals surface area contributed by atoms with Crippen LogP contribution in [0.3, 0.4) is 0 Å². The molecule has 0 spiro atoms. The number of rotatable bonds is 10. The summed E-state index contributed by atoms with van der Waals surface area (Å²) in [5.74, 6) is -0.605. The number of piperazine rings is 1.